The minimum atomic E-state index is 0.0911. The fraction of sp³-hybridized carbons (Fsp3) is 0.538. The van der Waals surface area contributed by atoms with Gasteiger partial charge in [-0.25, -0.2) is 0 Å². The first kappa shape index (κ1) is 13.4. The molecule has 1 amide bonds. The lowest BCUT2D eigenvalue weighted by molar-refractivity contribution is -0.118. The zero-order valence-corrected chi connectivity index (χ0v) is 11.7. The number of amides is 1. The highest BCUT2D eigenvalue weighted by Crippen LogP contribution is 2.20. The van der Waals surface area contributed by atoms with Crippen molar-refractivity contribution in [1.29, 1.82) is 0 Å². The number of aromatic nitrogens is 1. The van der Waals surface area contributed by atoms with Gasteiger partial charge in [-0.2, -0.15) is 11.8 Å². The molecular formula is C13H19N3OS. The highest BCUT2D eigenvalue weighted by Gasteiger charge is 2.15. The van der Waals surface area contributed by atoms with Crippen LogP contribution in [0.5, 0.6) is 0 Å². The van der Waals surface area contributed by atoms with Crippen molar-refractivity contribution in [3.05, 3.63) is 28.6 Å². The molecule has 2 N–H and O–H groups in total. The molecular weight excluding hydrogens is 246 g/mol. The summed E-state index contributed by atoms with van der Waals surface area (Å²) in [6, 6.07) is 0. The van der Waals surface area contributed by atoms with Crippen LogP contribution in [0.3, 0.4) is 0 Å². The maximum Gasteiger partial charge on any atom is 0.230 e. The second-order valence-electron chi connectivity index (χ2n) is 4.46. The Morgan fingerprint density at radius 3 is 3.22 bits per heavy atom. The van der Waals surface area contributed by atoms with E-state index in [4.69, 9.17) is 0 Å². The van der Waals surface area contributed by atoms with Crippen LogP contribution in [-0.4, -0.2) is 29.4 Å². The summed E-state index contributed by atoms with van der Waals surface area (Å²) in [4.78, 5) is 16.0. The summed E-state index contributed by atoms with van der Waals surface area (Å²) in [7, 11) is 0. The standard InChI is InChI=1S/C13H19N3OS/c1-9-12(7-16-13(17)8-18-2)11-3-4-14-5-10(11)6-15-9/h6,14H,3-5,7-8H2,1-2H3,(H,16,17). The van der Waals surface area contributed by atoms with Gasteiger partial charge in [-0.1, -0.05) is 0 Å². The van der Waals surface area contributed by atoms with Gasteiger partial charge in [0.1, 0.15) is 0 Å². The molecule has 0 bridgehead atoms. The number of fused-ring (bicyclic) bond motifs is 1. The molecule has 1 aromatic heterocycles. The smallest absolute Gasteiger partial charge is 0.230 e. The lowest BCUT2D eigenvalue weighted by Gasteiger charge is -2.21. The predicted molar refractivity (Wildman–Crippen MR) is 74.6 cm³/mol. The Bertz CT molecular complexity index is 448. The molecule has 5 heteroatoms. The van der Waals surface area contributed by atoms with Gasteiger partial charge in [0.15, 0.2) is 0 Å². The molecule has 0 spiro atoms. The van der Waals surface area contributed by atoms with E-state index in [2.05, 4.69) is 15.6 Å². The SMILES string of the molecule is CSCC(=O)NCc1c(C)ncc2c1CCNC2. The number of nitrogens with zero attached hydrogens (tertiary/aromatic N) is 1. The summed E-state index contributed by atoms with van der Waals surface area (Å²) in [6.45, 7) is 4.50. The number of nitrogens with one attached hydrogen (secondary N) is 2. The topological polar surface area (TPSA) is 54.0 Å². The number of hydrogen-bond acceptors (Lipinski definition) is 4. The molecule has 0 aromatic carbocycles. The molecule has 0 atom stereocenters. The Morgan fingerprint density at radius 1 is 1.61 bits per heavy atom. The lowest BCUT2D eigenvalue weighted by atomic mass is 9.96. The van der Waals surface area contributed by atoms with Crippen LogP contribution in [0.1, 0.15) is 22.4 Å². The molecule has 0 fully saturated rings. The Labute approximate surface area is 112 Å². The molecule has 2 heterocycles. The Hall–Kier alpha value is -1.07. The minimum absolute atomic E-state index is 0.0911. The number of thioether (sulfide) groups is 1. The van der Waals surface area contributed by atoms with Crippen LogP contribution in [-0.2, 0) is 24.3 Å². The van der Waals surface area contributed by atoms with Crippen molar-refractivity contribution in [3.63, 3.8) is 0 Å². The van der Waals surface area contributed by atoms with Gasteiger partial charge in [0.25, 0.3) is 0 Å². The van der Waals surface area contributed by atoms with E-state index in [1.807, 2.05) is 19.4 Å². The first-order chi connectivity index (χ1) is 8.72. The third-order valence-corrected chi connectivity index (χ3v) is 3.76. The molecule has 0 aliphatic carbocycles. The Kier molecular flexibility index (Phi) is 4.60. The molecule has 4 nitrogen and oxygen atoms in total. The summed E-state index contributed by atoms with van der Waals surface area (Å²) in [5, 5.41) is 6.31. The van der Waals surface area contributed by atoms with E-state index in [1.54, 1.807) is 11.8 Å². The highest BCUT2D eigenvalue weighted by molar-refractivity contribution is 7.99. The Balaban J connectivity index is 2.13. The molecule has 2 rings (SSSR count). The van der Waals surface area contributed by atoms with Gasteiger partial charge in [0, 0.05) is 25.0 Å². The zero-order chi connectivity index (χ0) is 13.0. The summed E-state index contributed by atoms with van der Waals surface area (Å²) in [5.41, 5.74) is 4.86. The van der Waals surface area contributed by atoms with E-state index in [-0.39, 0.29) is 5.91 Å². The third kappa shape index (κ3) is 3.03. The molecule has 0 radical (unpaired) electrons. The highest BCUT2D eigenvalue weighted by atomic mass is 32.2. The molecule has 18 heavy (non-hydrogen) atoms. The van der Waals surface area contributed by atoms with Crippen molar-refractivity contribution < 1.29 is 4.79 Å². The summed E-state index contributed by atoms with van der Waals surface area (Å²) >= 11 is 1.54. The van der Waals surface area contributed by atoms with E-state index >= 15 is 0 Å². The second kappa shape index (κ2) is 6.20. The molecule has 98 valence electrons. The predicted octanol–water partition coefficient (Wildman–Crippen LogP) is 1.01. The molecule has 1 aromatic rings. The van der Waals surface area contributed by atoms with Gasteiger partial charge < -0.3 is 10.6 Å². The quantitative estimate of drug-likeness (QED) is 0.853. The van der Waals surface area contributed by atoms with E-state index < -0.39 is 0 Å². The third-order valence-electron chi connectivity index (χ3n) is 3.21. The largest absolute Gasteiger partial charge is 0.351 e. The van der Waals surface area contributed by atoms with Gasteiger partial charge in [-0.05, 0) is 42.8 Å². The van der Waals surface area contributed by atoms with Crippen LogP contribution in [0.4, 0.5) is 0 Å². The number of pyridine rings is 1. The van der Waals surface area contributed by atoms with Crippen LogP contribution in [0.2, 0.25) is 0 Å². The van der Waals surface area contributed by atoms with Crippen molar-refractivity contribution in [2.45, 2.75) is 26.4 Å². The number of rotatable bonds is 4. The molecule has 0 saturated heterocycles. The van der Waals surface area contributed by atoms with Gasteiger partial charge in [-0.3, -0.25) is 9.78 Å². The molecule has 1 aliphatic rings. The van der Waals surface area contributed by atoms with Crippen molar-refractivity contribution >= 4 is 17.7 Å². The maximum atomic E-state index is 11.5. The maximum absolute atomic E-state index is 11.5. The van der Waals surface area contributed by atoms with Gasteiger partial charge in [-0.15, -0.1) is 0 Å². The first-order valence-electron chi connectivity index (χ1n) is 6.15. The number of carbonyl (C=O) groups is 1. The average Bonchev–Trinajstić information content (AvgIpc) is 2.38. The van der Waals surface area contributed by atoms with Gasteiger partial charge in [0.2, 0.25) is 5.91 Å². The van der Waals surface area contributed by atoms with Crippen molar-refractivity contribution in [1.82, 2.24) is 15.6 Å². The van der Waals surface area contributed by atoms with E-state index in [0.717, 1.165) is 25.2 Å². The Morgan fingerprint density at radius 2 is 2.44 bits per heavy atom. The van der Waals surface area contributed by atoms with Gasteiger partial charge in [0.05, 0.1) is 5.75 Å². The van der Waals surface area contributed by atoms with Gasteiger partial charge >= 0.3 is 0 Å². The number of carbonyl (C=O) groups excluding carboxylic acids is 1. The lowest BCUT2D eigenvalue weighted by Crippen LogP contribution is -2.29. The second-order valence-corrected chi connectivity index (χ2v) is 5.33. The minimum Gasteiger partial charge on any atom is -0.351 e. The fourth-order valence-corrected chi connectivity index (χ4v) is 2.61. The molecule has 0 saturated carbocycles. The van der Waals surface area contributed by atoms with Crippen LogP contribution in [0.25, 0.3) is 0 Å². The van der Waals surface area contributed by atoms with Crippen molar-refractivity contribution in [2.24, 2.45) is 0 Å². The molecule has 1 aliphatic heterocycles. The van der Waals surface area contributed by atoms with Crippen molar-refractivity contribution in [3.8, 4) is 0 Å². The van der Waals surface area contributed by atoms with E-state index in [9.17, 15) is 4.79 Å². The summed E-state index contributed by atoms with van der Waals surface area (Å²) in [6.07, 6.45) is 4.90. The van der Waals surface area contributed by atoms with Crippen LogP contribution < -0.4 is 10.6 Å². The van der Waals surface area contributed by atoms with Crippen LogP contribution in [0.15, 0.2) is 6.20 Å². The first-order valence-corrected chi connectivity index (χ1v) is 7.54. The van der Waals surface area contributed by atoms with E-state index in [1.165, 1.54) is 16.7 Å². The monoisotopic (exact) mass is 265 g/mol. The average molecular weight is 265 g/mol. The molecule has 0 unspecified atom stereocenters. The number of aryl methyl sites for hydroxylation is 1. The number of hydrogen-bond donors (Lipinski definition) is 2. The van der Waals surface area contributed by atoms with Crippen LogP contribution >= 0.6 is 11.8 Å². The van der Waals surface area contributed by atoms with E-state index in [0.29, 0.717) is 12.3 Å². The van der Waals surface area contributed by atoms with Crippen molar-refractivity contribution in [2.75, 3.05) is 18.6 Å². The van der Waals surface area contributed by atoms with Crippen LogP contribution in [0, 0.1) is 6.92 Å². The normalized spacial score (nSPS) is 14.1. The summed E-state index contributed by atoms with van der Waals surface area (Å²) in [5.74, 6) is 0.608. The summed E-state index contributed by atoms with van der Waals surface area (Å²) < 4.78 is 0. The zero-order valence-electron chi connectivity index (χ0n) is 10.9. The fourth-order valence-electron chi connectivity index (χ4n) is 2.25.